The monoisotopic (exact) mass is 274 g/mol. The second-order valence-corrected chi connectivity index (χ2v) is 6.49. The van der Waals surface area contributed by atoms with E-state index >= 15 is 0 Å². The van der Waals surface area contributed by atoms with Crippen LogP contribution in [0.25, 0.3) is 0 Å². The molecule has 1 aromatic rings. The molecule has 1 aliphatic rings. The number of nitrogens with one attached hydrogen (secondary N) is 1. The maximum atomic E-state index is 3.54. The topological polar surface area (TPSA) is 15.3 Å². The van der Waals surface area contributed by atoms with Crippen molar-refractivity contribution < 1.29 is 0 Å². The van der Waals surface area contributed by atoms with Crippen LogP contribution in [-0.2, 0) is 0 Å². The third-order valence-corrected chi connectivity index (χ3v) is 5.08. The first kappa shape index (κ1) is 15.4. The Morgan fingerprint density at radius 1 is 1.20 bits per heavy atom. The molecule has 0 aliphatic carbocycles. The van der Waals surface area contributed by atoms with E-state index in [4.69, 9.17) is 0 Å². The lowest BCUT2D eigenvalue weighted by molar-refractivity contribution is 0.238. The van der Waals surface area contributed by atoms with Crippen LogP contribution in [0.15, 0.2) is 24.3 Å². The summed E-state index contributed by atoms with van der Waals surface area (Å²) in [6, 6.07) is 9.32. The van der Waals surface area contributed by atoms with Gasteiger partial charge in [0, 0.05) is 24.8 Å². The average Bonchev–Trinajstić information content (AvgIpc) is 2.48. The normalized spacial score (nSPS) is 19.9. The van der Waals surface area contributed by atoms with Gasteiger partial charge < -0.3 is 10.2 Å². The Bertz CT molecular complexity index is 419. The van der Waals surface area contributed by atoms with Crippen molar-refractivity contribution in [3.63, 3.8) is 0 Å². The summed E-state index contributed by atoms with van der Waals surface area (Å²) in [4.78, 5) is 2.58. The first-order chi connectivity index (χ1) is 9.59. The molecule has 0 spiro atoms. The van der Waals surface area contributed by atoms with E-state index in [-0.39, 0.29) is 0 Å². The minimum atomic E-state index is 0.427. The highest BCUT2D eigenvalue weighted by Gasteiger charge is 2.29. The minimum Gasteiger partial charge on any atom is -0.371 e. The molecule has 20 heavy (non-hydrogen) atoms. The lowest BCUT2D eigenvalue weighted by Crippen LogP contribution is -2.39. The van der Waals surface area contributed by atoms with Gasteiger partial charge in [-0.1, -0.05) is 45.4 Å². The van der Waals surface area contributed by atoms with Crippen LogP contribution < -0.4 is 10.2 Å². The van der Waals surface area contributed by atoms with Crippen LogP contribution in [0.3, 0.4) is 0 Å². The Labute approximate surface area is 124 Å². The van der Waals surface area contributed by atoms with Crippen LogP contribution in [0, 0.1) is 5.41 Å². The molecule has 1 saturated heterocycles. The van der Waals surface area contributed by atoms with Crippen molar-refractivity contribution in [3.8, 4) is 0 Å². The van der Waals surface area contributed by atoms with Crippen molar-refractivity contribution in [1.29, 1.82) is 0 Å². The van der Waals surface area contributed by atoms with Crippen molar-refractivity contribution in [2.75, 3.05) is 24.5 Å². The van der Waals surface area contributed by atoms with Crippen molar-refractivity contribution in [1.82, 2.24) is 5.32 Å². The van der Waals surface area contributed by atoms with Gasteiger partial charge in [0.15, 0.2) is 0 Å². The van der Waals surface area contributed by atoms with Gasteiger partial charge in [-0.15, -0.1) is 0 Å². The number of piperidine rings is 1. The van der Waals surface area contributed by atoms with Crippen molar-refractivity contribution in [3.05, 3.63) is 29.8 Å². The van der Waals surface area contributed by atoms with Gasteiger partial charge in [0.05, 0.1) is 0 Å². The van der Waals surface area contributed by atoms with E-state index < -0.39 is 0 Å². The van der Waals surface area contributed by atoms with Crippen molar-refractivity contribution in [2.24, 2.45) is 5.41 Å². The molecule has 0 radical (unpaired) electrons. The zero-order valence-electron chi connectivity index (χ0n) is 13.6. The highest BCUT2D eigenvalue weighted by Crippen LogP contribution is 2.37. The van der Waals surface area contributed by atoms with Crippen LogP contribution in [0.5, 0.6) is 0 Å². The fraction of sp³-hybridized carbons (Fsp3) is 0.667. The number of anilines is 1. The highest BCUT2D eigenvalue weighted by atomic mass is 15.1. The summed E-state index contributed by atoms with van der Waals surface area (Å²) in [5.74, 6) is 0. The lowest BCUT2D eigenvalue weighted by Gasteiger charge is -2.41. The Morgan fingerprint density at radius 2 is 1.85 bits per heavy atom. The number of rotatable bonds is 5. The summed E-state index contributed by atoms with van der Waals surface area (Å²) in [6.45, 7) is 12.6. The smallest absolute Gasteiger partial charge is 0.0414 e. The average molecular weight is 274 g/mol. The summed E-state index contributed by atoms with van der Waals surface area (Å²) in [5, 5.41) is 3.54. The number of hydrogen-bond acceptors (Lipinski definition) is 2. The quantitative estimate of drug-likeness (QED) is 0.857. The predicted molar refractivity (Wildman–Crippen MR) is 88.4 cm³/mol. The van der Waals surface area contributed by atoms with E-state index in [2.05, 4.69) is 62.2 Å². The van der Waals surface area contributed by atoms with Gasteiger partial charge in [-0.05, 0) is 43.4 Å². The minimum absolute atomic E-state index is 0.427. The van der Waals surface area contributed by atoms with Crippen molar-refractivity contribution in [2.45, 2.75) is 53.0 Å². The Balaban J connectivity index is 2.14. The van der Waals surface area contributed by atoms with E-state index in [9.17, 15) is 0 Å². The van der Waals surface area contributed by atoms with Gasteiger partial charge in [0.25, 0.3) is 0 Å². The Hall–Kier alpha value is -1.02. The molecule has 1 N–H and O–H groups in total. The summed E-state index contributed by atoms with van der Waals surface area (Å²) in [5.41, 5.74) is 3.42. The maximum Gasteiger partial charge on any atom is 0.0414 e. The van der Waals surface area contributed by atoms with E-state index in [0.717, 1.165) is 6.54 Å². The lowest BCUT2D eigenvalue weighted by atomic mass is 9.78. The largest absolute Gasteiger partial charge is 0.371 e. The van der Waals surface area contributed by atoms with Crippen LogP contribution in [-0.4, -0.2) is 19.6 Å². The first-order valence-corrected chi connectivity index (χ1v) is 8.17. The Morgan fingerprint density at radius 3 is 2.45 bits per heavy atom. The summed E-state index contributed by atoms with van der Waals surface area (Å²) in [7, 11) is 0. The number of para-hydroxylation sites is 1. The highest BCUT2D eigenvalue weighted by molar-refractivity contribution is 5.55. The zero-order valence-corrected chi connectivity index (χ0v) is 13.6. The molecule has 2 rings (SSSR count). The second-order valence-electron chi connectivity index (χ2n) is 6.49. The molecule has 1 aliphatic heterocycles. The molecule has 112 valence electrons. The predicted octanol–water partition coefficient (Wildman–Crippen LogP) is 4.37. The van der Waals surface area contributed by atoms with Gasteiger partial charge in [-0.3, -0.25) is 0 Å². The summed E-state index contributed by atoms with van der Waals surface area (Å²) in [6.07, 6.45) is 3.93. The fourth-order valence-corrected chi connectivity index (χ4v) is 3.20. The molecule has 1 atom stereocenters. The molecule has 1 aromatic carbocycles. The van der Waals surface area contributed by atoms with Gasteiger partial charge in [-0.2, -0.15) is 0 Å². The van der Waals surface area contributed by atoms with E-state index in [1.807, 2.05) is 0 Å². The summed E-state index contributed by atoms with van der Waals surface area (Å²) < 4.78 is 0. The SMILES string of the molecule is CCNC(C)c1ccccc1N1CCC(C)(CC)CC1. The molecular formula is C18H30N2. The molecule has 2 heteroatoms. The maximum absolute atomic E-state index is 3.54. The van der Waals surface area contributed by atoms with Gasteiger partial charge >= 0.3 is 0 Å². The van der Waals surface area contributed by atoms with Gasteiger partial charge in [0.1, 0.15) is 0 Å². The third-order valence-electron chi connectivity index (χ3n) is 5.08. The molecule has 1 fully saturated rings. The van der Waals surface area contributed by atoms with Crippen LogP contribution in [0.4, 0.5) is 5.69 Å². The number of benzene rings is 1. The molecule has 0 amide bonds. The molecule has 1 unspecified atom stereocenters. The van der Waals surface area contributed by atoms with Crippen LogP contribution in [0.2, 0.25) is 0 Å². The standard InChI is InChI=1S/C18H30N2/c1-5-18(4)11-13-20(14-12-18)17-10-8-7-9-16(17)15(3)19-6-2/h7-10,15,19H,5-6,11-14H2,1-4H3. The zero-order chi connectivity index (χ0) is 14.6. The van der Waals surface area contributed by atoms with E-state index in [1.165, 1.54) is 43.6 Å². The van der Waals surface area contributed by atoms with Gasteiger partial charge in [0.2, 0.25) is 0 Å². The number of hydrogen-bond donors (Lipinski definition) is 1. The molecule has 0 saturated carbocycles. The fourth-order valence-electron chi connectivity index (χ4n) is 3.20. The molecule has 2 nitrogen and oxygen atoms in total. The summed E-state index contributed by atoms with van der Waals surface area (Å²) >= 11 is 0. The molecule has 0 bridgehead atoms. The van der Waals surface area contributed by atoms with E-state index in [1.54, 1.807) is 0 Å². The molecular weight excluding hydrogens is 244 g/mol. The molecule has 1 heterocycles. The van der Waals surface area contributed by atoms with Crippen molar-refractivity contribution >= 4 is 5.69 Å². The third kappa shape index (κ3) is 3.35. The first-order valence-electron chi connectivity index (χ1n) is 8.17. The van der Waals surface area contributed by atoms with E-state index in [0.29, 0.717) is 11.5 Å². The van der Waals surface area contributed by atoms with Crippen LogP contribution in [0.1, 0.15) is 58.6 Å². The van der Waals surface area contributed by atoms with Crippen LogP contribution >= 0.6 is 0 Å². The Kier molecular flexibility index (Phi) is 5.09. The number of nitrogens with zero attached hydrogens (tertiary/aromatic N) is 1. The molecule has 0 aromatic heterocycles. The second kappa shape index (κ2) is 6.62. The van der Waals surface area contributed by atoms with Gasteiger partial charge in [-0.25, -0.2) is 0 Å².